The molecule has 0 saturated carbocycles. The van der Waals surface area contributed by atoms with Crippen molar-refractivity contribution in [3.05, 3.63) is 35.9 Å². The Balaban J connectivity index is 1.82. The predicted octanol–water partition coefficient (Wildman–Crippen LogP) is -0.930. The predicted molar refractivity (Wildman–Crippen MR) is 79.7 cm³/mol. The summed E-state index contributed by atoms with van der Waals surface area (Å²) in [5.74, 6) is -0.729. The molecule has 2 rings (SSSR count). The molecule has 0 aliphatic carbocycles. The second-order valence-corrected chi connectivity index (χ2v) is 5.04. The van der Waals surface area contributed by atoms with Crippen LogP contribution in [0, 0.1) is 0 Å². The van der Waals surface area contributed by atoms with Crippen LogP contribution in [0.2, 0.25) is 0 Å². The average molecular weight is 307 g/mol. The van der Waals surface area contributed by atoms with Gasteiger partial charge in [-0.3, -0.25) is 15.0 Å². The summed E-state index contributed by atoms with van der Waals surface area (Å²) in [6, 6.07) is 8.27. The van der Waals surface area contributed by atoms with E-state index in [9.17, 15) is 14.7 Å². The Morgan fingerprint density at radius 2 is 1.91 bits per heavy atom. The summed E-state index contributed by atoms with van der Waals surface area (Å²) >= 11 is 0. The molecule has 0 spiro atoms. The molecule has 7 nitrogen and oxygen atoms in total. The molecule has 2 amide bonds. The average Bonchev–Trinajstić information content (AvgIpc) is 2.54. The van der Waals surface area contributed by atoms with E-state index in [1.54, 1.807) is 5.01 Å². The standard InChI is InChI=1S/C15H21N3O4/c19-11-13(15(21)17-18-6-8-22-9-7-18)16-14(20)10-12-4-2-1-3-5-12/h1-5,13,19H,6-11H2,(H,16,20)(H,17,21). The highest BCUT2D eigenvalue weighted by molar-refractivity contribution is 5.88. The number of aliphatic hydroxyl groups is 1. The van der Waals surface area contributed by atoms with Crippen molar-refractivity contribution in [2.75, 3.05) is 32.9 Å². The molecular weight excluding hydrogens is 286 g/mol. The molecule has 0 bridgehead atoms. The van der Waals surface area contributed by atoms with E-state index in [0.717, 1.165) is 5.56 Å². The summed E-state index contributed by atoms with van der Waals surface area (Å²) in [6.45, 7) is 1.81. The molecule has 0 aromatic heterocycles. The lowest BCUT2D eigenvalue weighted by Crippen LogP contribution is -2.56. The number of aliphatic hydroxyl groups excluding tert-OH is 1. The van der Waals surface area contributed by atoms with Crippen molar-refractivity contribution in [3.63, 3.8) is 0 Å². The van der Waals surface area contributed by atoms with Gasteiger partial charge >= 0.3 is 0 Å². The van der Waals surface area contributed by atoms with Gasteiger partial charge in [0.15, 0.2) is 0 Å². The van der Waals surface area contributed by atoms with E-state index < -0.39 is 18.6 Å². The van der Waals surface area contributed by atoms with E-state index in [2.05, 4.69) is 10.7 Å². The quantitative estimate of drug-likeness (QED) is 0.632. The summed E-state index contributed by atoms with van der Waals surface area (Å²) in [7, 11) is 0. The van der Waals surface area contributed by atoms with Crippen LogP contribution in [0.25, 0.3) is 0 Å². The first kappa shape index (κ1) is 16.4. The van der Waals surface area contributed by atoms with E-state index in [0.29, 0.717) is 26.3 Å². The van der Waals surface area contributed by atoms with Crippen LogP contribution in [0.1, 0.15) is 5.56 Å². The molecule has 1 atom stereocenters. The number of nitrogens with zero attached hydrogens (tertiary/aromatic N) is 1. The number of nitrogens with one attached hydrogen (secondary N) is 2. The number of carbonyl (C=O) groups excluding carboxylic acids is 2. The van der Waals surface area contributed by atoms with Gasteiger partial charge in [0, 0.05) is 13.1 Å². The molecule has 1 heterocycles. The number of amides is 2. The van der Waals surface area contributed by atoms with Gasteiger partial charge < -0.3 is 15.2 Å². The van der Waals surface area contributed by atoms with Gasteiger partial charge in [0.1, 0.15) is 6.04 Å². The Morgan fingerprint density at radius 1 is 1.23 bits per heavy atom. The third-order valence-electron chi connectivity index (χ3n) is 3.32. The van der Waals surface area contributed by atoms with Crippen LogP contribution >= 0.6 is 0 Å². The van der Waals surface area contributed by atoms with Crippen molar-refractivity contribution in [1.82, 2.24) is 15.8 Å². The molecule has 120 valence electrons. The zero-order valence-electron chi connectivity index (χ0n) is 12.3. The number of carbonyl (C=O) groups is 2. The maximum atomic E-state index is 12.1. The molecule has 1 fully saturated rings. The van der Waals surface area contributed by atoms with Crippen LogP contribution in [-0.2, 0) is 20.7 Å². The Morgan fingerprint density at radius 3 is 2.55 bits per heavy atom. The van der Waals surface area contributed by atoms with Crippen LogP contribution in [0.3, 0.4) is 0 Å². The van der Waals surface area contributed by atoms with E-state index >= 15 is 0 Å². The van der Waals surface area contributed by atoms with Crippen molar-refractivity contribution < 1.29 is 19.4 Å². The molecule has 1 aliphatic heterocycles. The van der Waals surface area contributed by atoms with Gasteiger partial charge in [0.2, 0.25) is 5.91 Å². The van der Waals surface area contributed by atoms with Crippen LogP contribution in [0.5, 0.6) is 0 Å². The highest BCUT2D eigenvalue weighted by atomic mass is 16.5. The molecule has 1 aromatic rings. The van der Waals surface area contributed by atoms with E-state index in [1.165, 1.54) is 0 Å². The van der Waals surface area contributed by atoms with Gasteiger partial charge in [-0.25, -0.2) is 5.01 Å². The minimum Gasteiger partial charge on any atom is -0.394 e. The van der Waals surface area contributed by atoms with E-state index in [-0.39, 0.29) is 12.3 Å². The lowest BCUT2D eigenvalue weighted by Gasteiger charge is -2.28. The number of rotatable bonds is 6. The fraction of sp³-hybridized carbons (Fsp3) is 0.467. The lowest BCUT2D eigenvalue weighted by molar-refractivity contribution is -0.134. The summed E-state index contributed by atoms with van der Waals surface area (Å²) in [6.07, 6.45) is 0.169. The molecule has 22 heavy (non-hydrogen) atoms. The molecule has 1 aliphatic rings. The number of hydrazine groups is 1. The van der Waals surface area contributed by atoms with Crippen molar-refractivity contribution >= 4 is 11.8 Å². The smallest absolute Gasteiger partial charge is 0.259 e. The Kier molecular flexibility index (Phi) is 6.32. The molecule has 0 radical (unpaired) electrons. The van der Waals surface area contributed by atoms with Crippen molar-refractivity contribution in [3.8, 4) is 0 Å². The molecular formula is C15H21N3O4. The largest absolute Gasteiger partial charge is 0.394 e. The fourth-order valence-corrected chi connectivity index (χ4v) is 2.13. The maximum Gasteiger partial charge on any atom is 0.259 e. The summed E-state index contributed by atoms with van der Waals surface area (Å²) in [5, 5.41) is 13.6. The zero-order valence-corrected chi connectivity index (χ0v) is 12.3. The third-order valence-corrected chi connectivity index (χ3v) is 3.32. The van der Waals surface area contributed by atoms with Gasteiger partial charge in [-0.1, -0.05) is 30.3 Å². The van der Waals surface area contributed by atoms with Crippen LogP contribution < -0.4 is 10.7 Å². The number of morpholine rings is 1. The first-order valence-corrected chi connectivity index (χ1v) is 7.26. The summed E-state index contributed by atoms with van der Waals surface area (Å²) < 4.78 is 5.19. The second kappa shape index (κ2) is 8.47. The normalized spacial score (nSPS) is 16.8. The SMILES string of the molecule is O=C(Cc1ccccc1)NC(CO)C(=O)NN1CCOCC1. The molecule has 3 N–H and O–H groups in total. The van der Waals surface area contributed by atoms with Gasteiger partial charge in [0.25, 0.3) is 5.91 Å². The maximum absolute atomic E-state index is 12.1. The Hall–Kier alpha value is -1.96. The van der Waals surface area contributed by atoms with Gasteiger partial charge in [-0.05, 0) is 5.56 Å². The fourth-order valence-electron chi connectivity index (χ4n) is 2.13. The minimum atomic E-state index is -0.959. The summed E-state index contributed by atoms with van der Waals surface area (Å²) in [5.41, 5.74) is 3.53. The first-order valence-electron chi connectivity index (χ1n) is 7.26. The lowest BCUT2D eigenvalue weighted by atomic mass is 10.1. The van der Waals surface area contributed by atoms with Crippen LogP contribution in [0.15, 0.2) is 30.3 Å². The van der Waals surface area contributed by atoms with Gasteiger partial charge in [-0.2, -0.15) is 0 Å². The van der Waals surface area contributed by atoms with Gasteiger partial charge in [-0.15, -0.1) is 0 Å². The van der Waals surface area contributed by atoms with Crippen molar-refractivity contribution in [1.29, 1.82) is 0 Å². The van der Waals surface area contributed by atoms with E-state index in [1.807, 2.05) is 30.3 Å². The number of hydrogen-bond acceptors (Lipinski definition) is 5. The van der Waals surface area contributed by atoms with Crippen LogP contribution in [-0.4, -0.2) is 60.9 Å². The highest BCUT2D eigenvalue weighted by Crippen LogP contribution is 2.00. The van der Waals surface area contributed by atoms with Gasteiger partial charge in [0.05, 0.1) is 26.2 Å². The summed E-state index contributed by atoms with van der Waals surface area (Å²) in [4.78, 5) is 24.0. The van der Waals surface area contributed by atoms with Crippen molar-refractivity contribution in [2.24, 2.45) is 0 Å². The highest BCUT2D eigenvalue weighted by Gasteiger charge is 2.22. The topological polar surface area (TPSA) is 90.9 Å². The molecule has 1 aromatic carbocycles. The first-order chi connectivity index (χ1) is 10.7. The number of ether oxygens (including phenoxy) is 1. The molecule has 7 heteroatoms. The monoisotopic (exact) mass is 307 g/mol. The Labute approximate surface area is 129 Å². The van der Waals surface area contributed by atoms with E-state index in [4.69, 9.17) is 4.74 Å². The van der Waals surface area contributed by atoms with Crippen molar-refractivity contribution in [2.45, 2.75) is 12.5 Å². The zero-order chi connectivity index (χ0) is 15.8. The molecule has 1 saturated heterocycles. The Bertz CT molecular complexity index is 489. The number of hydrogen-bond donors (Lipinski definition) is 3. The molecule has 1 unspecified atom stereocenters. The van der Waals surface area contributed by atoms with Crippen LogP contribution in [0.4, 0.5) is 0 Å². The second-order valence-electron chi connectivity index (χ2n) is 5.04. The number of benzene rings is 1. The third kappa shape index (κ3) is 5.10. The minimum absolute atomic E-state index is 0.169.